The van der Waals surface area contributed by atoms with Gasteiger partial charge in [-0.25, -0.2) is 0 Å². The molecule has 0 aliphatic rings. The number of hydrogen-bond acceptors (Lipinski definition) is 4. The zero-order valence-electron chi connectivity index (χ0n) is 17.1. The van der Waals surface area contributed by atoms with Gasteiger partial charge in [-0.1, -0.05) is 35.3 Å². The molecule has 158 valence electrons. The summed E-state index contributed by atoms with van der Waals surface area (Å²) in [6, 6.07) is 19.2. The first-order valence-corrected chi connectivity index (χ1v) is 10.6. The zero-order chi connectivity index (χ0) is 21.3. The van der Waals surface area contributed by atoms with Crippen molar-refractivity contribution in [2.45, 2.75) is 27.0 Å². The molecule has 0 aliphatic carbocycles. The predicted octanol–water partition coefficient (Wildman–Crippen LogP) is 6.98. The lowest BCUT2D eigenvalue weighted by molar-refractivity contribution is 0.269. The highest BCUT2D eigenvalue weighted by Crippen LogP contribution is 2.31. The van der Waals surface area contributed by atoms with Crippen molar-refractivity contribution in [2.24, 2.45) is 0 Å². The first-order valence-electron chi connectivity index (χ1n) is 9.88. The van der Waals surface area contributed by atoms with E-state index < -0.39 is 0 Å². The minimum atomic E-state index is 0.333. The van der Waals surface area contributed by atoms with Crippen molar-refractivity contribution in [1.29, 1.82) is 0 Å². The Kier molecular flexibility index (Phi) is 8.12. The molecule has 0 amide bonds. The number of halogens is 2. The van der Waals surface area contributed by atoms with Crippen molar-refractivity contribution >= 4 is 28.9 Å². The molecule has 3 aromatic rings. The minimum absolute atomic E-state index is 0.333. The van der Waals surface area contributed by atoms with Gasteiger partial charge in [-0.3, -0.25) is 0 Å². The van der Waals surface area contributed by atoms with E-state index in [0.717, 1.165) is 22.6 Å². The van der Waals surface area contributed by atoms with E-state index in [4.69, 9.17) is 37.4 Å². The molecule has 0 heterocycles. The lowest BCUT2D eigenvalue weighted by atomic mass is 10.2. The molecule has 1 N–H and O–H groups in total. The van der Waals surface area contributed by atoms with E-state index in [-0.39, 0.29) is 0 Å². The fourth-order valence-electron chi connectivity index (χ4n) is 2.88. The summed E-state index contributed by atoms with van der Waals surface area (Å²) in [7, 11) is 0. The van der Waals surface area contributed by atoms with Crippen LogP contribution in [0.4, 0.5) is 5.69 Å². The Bertz CT molecular complexity index is 961. The normalized spacial score (nSPS) is 10.5. The summed E-state index contributed by atoms with van der Waals surface area (Å²) in [4.78, 5) is 0. The first-order chi connectivity index (χ1) is 14.6. The number of rotatable bonds is 10. The van der Waals surface area contributed by atoms with Crippen LogP contribution < -0.4 is 19.5 Å². The Hall–Kier alpha value is -2.56. The van der Waals surface area contributed by atoms with Gasteiger partial charge in [0.05, 0.1) is 13.2 Å². The highest BCUT2D eigenvalue weighted by Gasteiger charge is 2.09. The van der Waals surface area contributed by atoms with Crippen LogP contribution in [-0.4, -0.2) is 13.2 Å². The average molecular weight is 446 g/mol. The Balaban J connectivity index is 1.65. The second-order valence-corrected chi connectivity index (χ2v) is 7.39. The Labute approximate surface area is 187 Å². The highest BCUT2D eigenvalue weighted by atomic mass is 35.5. The Morgan fingerprint density at radius 2 is 1.53 bits per heavy atom. The molecule has 0 atom stereocenters. The monoisotopic (exact) mass is 445 g/mol. The van der Waals surface area contributed by atoms with Gasteiger partial charge in [0, 0.05) is 27.8 Å². The third kappa shape index (κ3) is 6.22. The van der Waals surface area contributed by atoms with Gasteiger partial charge in [-0.2, -0.15) is 0 Å². The molecule has 6 heteroatoms. The molecule has 0 spiro atoms. The summed E-state index contributed by atoms with van der Waals surface area (Å²) in [5.41, 5.74) is 2.98. The molecular weight excluding hydrogens is 421 g/mol. The molecule has 30 heavy (non-hydrogen) atoms. The SMILES string of the molecule is CCOc1ccc(NCc2ccc(OCc3ccc(Cl)cc3Cl)c(OCC)c2)cc1. The maximum Gasteiger partial charge on any atom is 0.161 e. The van der Waals surface area contributed by atoms with Crippen LogP contribution in [0.1, 0.15) is 25.0 Å². The molecule has 0 aliphatic heterocycles. The summed E-state index contributed by atoms with van der Waals surface area (Å²) in [6.07, 6.45) is 0. The molecule has 0 bridgehead atoms. The van der Waals surface area contributed by atoms with Crippen LogP contribution in [-0.2, 0) is 13.2 Å². The van der Waals surface area contributed by atoms with Gasteiger partial charge in [-0.05, 0) is 67.9 Å². The van der Waals surface area contributed by atoms with Crippen molar-refractivity contribution in [3.8, 4) is 17.2 Å². The number of benzene rings is 3. The average Bonchev–Trinajstić information content (AvgIpc) is 2.74. The lowest BCUT2D eigenvalue weighted by Gasteiger charge is -2.15. The van der Waals surface area contributed by atoms with Crippen LogP contribution >= 0.6 is 23.2 Å². The van der Waals surface area contributed by atoms with Crippen molar-refractivity contribution in [1.82, 2.24) is 0 Å². The Morgan fingerprint density at radius 1 is 0.767 bits per heavy atom. The molecule has 0 aromatic heterocycles. The standard InChI is InChI=1S/C24H25Cl2NO3/c1-3-28-21-10-8-20(9-11-21)27-15-17-5-12-23(24(13-17)29-4-2)30-16-18-6-7-19(25)14-22(18)26/h5-14,27H,3-4,15-16H2,1-2H3. The van der Waals surface area contributed by atoms with E-state index in [2.05, 4.69) is 5.32 Å². The molecule has 0 saturated heterocycles. The Morgan fingerprint density at radius 3 is 2.23 bits per heavy atom. The van der Waals surface area contributed by atoms with Crippen molar-refractivity contribution < 1.29 is 14.2 Å². The van der Waals surface area contributed by atoms with Crippen molar-refractivity contribution in [3.05, 3.63) is 81.8 Å². The van der Waals surface area contributed by atoms with Crippen LogP contribution in [0.3, 0.4) is 0 Å². The summed E-state index contributed by atoms with van der Waals surface area (Å²) in [5, 5.41) is 4.59. The summed E-state index contributed by atoms with van der Waals surface area (Å²) in [5.74, 6) is 2.24. The van der Waals surface area contributed by atoms with E-state index in [1.54, 1.807) is 12.1 Å². The highest BCUT2D eigenvalue weighted by molar-refractivity contribution is 6.35. The van der Waals surface area contributed by atoms with Crippen LogP contribution in [0.5, 0.6) is 17.2 Å². The van der Waals surface area contributed by atoms with Gasteiger partial charge in [-0.15, -0.1) is 0 Å². The van der Waals surface area contributed by atoms with E-state index >= 15 is 0 Å². The lowest BCUT2D eigenvalue weighted by Crippen LogP contribution is -2.03. The molecule has 4 nitrogen and oxygen atoms in total. The fourth-order valence-corrected chi connectivity index (χ4v) is 3.35. The molecule has 3 rings (SSSR count). The largest absolute Gasteiger partial charge is 0.494 e. The third-order valence-electron chi connectivity index (χ3n) is 4.37. The summed E-state index contributed by atoms with van der Waals surface area (Å²) >= 11 is 12.2. The van der Waals surface area contributed by atoms with Crippen molar-refractivity contribution in [2.75, 3.05) is 18.5 Å². The second kappa shape index (κ2) is 11.0. The topological polar surface area (TPSA) is 39.7 Å². The van der Waals surface area contributed by atoms with Crippen LogP contribution in [0, 0.1) is 0 Å². The summed E-state index contributed by atoms with van der Waals surface area (Å²) < 4.78 is 17.2. The smallest absolute Gasteiger partial charge is 0.161 e. The van der Waals surface area contributed by atoms with E-state index in [0.29, 0.717) is 47.9 Å². The number of nitrogens with one attached hydrogen (secondary N) is 1. The van der Waals surface area contributed by atoms with Crippen LogP contribution in [0.25, 0.3) is 0 Å². The van der Waals surface area contributed by atoms with E-state index in [9.17, 15) is 0 Å². The van der Waals surface area contributed by atoms with Gasteiger partial charge < -0.3 is 19.5 Å². The van der Waals surface area contributed by atoms with Crippen LogP contribution in [0.2, 0.25) is 10.0 Å². The van der Waals surface area contributed by atoms with Gasteiger partial charge in [0.1, 0.15) is 12.4 Å². The van der Waals surface area contributed by atoms with E-state index in [1.165, 1.54) is 0 Å². The molecule has 0 unspecified atom stereocenters. The summed E-state index contributed by atoms with van der Waals surface area (Å²) in [6.45, 7) is 6.13. The van der Waals surface area contributed by atoms with E-state index in [1.807, 2.05) is 62.4 Å². The number of anilines is 1. The van der Waals surface area contributed by atoms with Crippen LogP contribution in [0.15, 0.2) is 60.7 Å². The molecular formula is C24H25Cl2NO3. The quantitative estimate of drug-likeness (QED) is 0.365. The second-order valence-electron chi connectivity index (χ2n) is 6.55. The molecule has 3 aromatic carbocycles. The fraction of sp³-hybridized carbons (Fsp3) is 0.250. The predicted molar refractivity (Wildman–Crippen MR) is 123 cm³/mol. The maximum atomic E-state index is 6.24. The van der Waals surface area contributed by atoms with Gasteiger partial charge in [0.2, 0.25) is 0 Å². The number of ether oxygens (including phenoxy) is 3. The zero-order valence-corrected chi connectivity index (χ0v) is 18.6. The maximum absolute atomic E-state index is 6.24. The third-order valence-corrected chi connectivity index (χ3v) is 4.96. The van der Waals surface area contributed by atoms with Crippen molar-refractivity contribution in [3.63, 3.8) is 0 Å². The molecule has 0 radical (unpaired) electrons. The first kappa shape index (κ1) is 22.1. The minimum Gasteiger partial charge on any atom is -0.494 e. The number of hydrogen-bond donors (Lipinski definition) is 1. The molecule has 0 saturated carbocycles. The molecule has 0 fully saturated rings. The van der Waals surface area contributed by atoms with Gasteiger partial charge in [0.15, 0.2) is 11.5 Å². The van der Waals surface area contributed by atoms with Gasteiger partial charge >= 0.3 is 0 Å². The van der Waals surface area contributed by atoms with Gasteiger partial charge in [0.25, 0.3) is 0 Å².